The Hall–Kier alpha value is -3.70. The van der Waals surface area contributed by atoms with Crippen molar-refractivity contribution < 1.29 is 24.5 Å². The standard InChI is InChI=1S/C19H19N3O.C4H4O4/c1-2-4-15(5-3-1)6-7-17-8-9-19(21-20-17)23-18-14-22-12-10-16(18)11-13-22;5-3(6)1-2-4(7)8/h1-5,8-9,16,18H,10-14H2;1-2H,(H,5,6)(H,7,8)/b;2-1+/t18-;/m0./s1. The van der Waals surface area contributed by atoms with Gasteiger partial charge < -0.3 is 14.9 Å². The van der Waals surface area contributed by atoms with Crippen LogP contribution in [0.1, 0.15) is 24.1 Å². The smallest absolute Gasteiger partial charge is 0.328 e. The molecule has 0 aliphatic carbocycles. The van der Waals surface area contributed by atoms with E-state index in [4.69, 9.17) is 14.9 Å². The fourth-order valence-corrected chi connectivity index (χ4v) is 3.45. The Morgan fingerprint density at radius 1 is 0.968 bits per heavy atom. The molecule has 4 heterocycles. The molecule has 31 heavy (non-hydrogen) atoms. The summed E-state index contributed by atoms with van der Waals surface area (Å²) >= 11 is 0. The maximum atomic E-state index is 9.55. The highest BCUT2D eigenvalue weighted by molar-refractivity contribution is 5.89. The molecule has 0 saturated carbocycles. The highest BCUT2D eigenvalue weighted by atomic mass is 16.5. The molecule has 1 aromatic carbocycles. The number of fused-ring (bicyclic) bond motifs is 3. The number of carboxylic acids is 2. The molecule has 3 fully saturated rings. The molecular weight excluding hydrogens is 398 g/mol. The third-order valence-electron chi connectivity index (χ3n) is 4.99. The molecule has 5 rings (SSSR count). The summed E-state index contributed by atoms with van der Waals surface area (Å²) in [5, 5.41) is 24.0. The summed E-state index contributed by atoms with van der Waals surface area (Å²) in [6.45, 7) is 3.44. The molecule has 0 radical (unpaired) electrons. The number of carbonyl (C=O) groups is 2. The lowest BCUT2D eigenvalue weighted by Gasteiger charge is -2.44. The molecule has 2 N–H and O–H groups in total. The number of rotatable bonds is 4. The summed E-state index contributed by atoms with van der Waals surface area (Å²) in [6, 6.07) is 13.6. The molecule has 0 unspecified atom stereocenters. The van der Waals surface area contributed by atoms with Crippen LogP contribution in [-0.4, -0.2) is 63.0 Å². The van der Waals surface area contributed by atoms with E-state index >= 15 is 0 Å². The molecule has 2 aromatic rings. The van der Waals surface area contributed by atoms with Crippen molar-refractivity contribution in [3.05, 3.63) is 65.9 Å². The van der Waals surface area contributed by atoms with Crippen LogP contribution in [0.15, 0.2) is 54.6 Å². The van der Waals surface area contributed by atoms with Crippen molar-refractivity contribution >= 4 is 11.9 Å². The van der Waals surface area contributed by atoms with Gasteiger partial charge in [-0.05, 0) is 56.0 Å². The van der Waals surface area contributed by atoms with E-state index in [9.17, 15) is 9.59 Å². The molecule has 160 valence electrons. The van der Waals surface area contributed by atoms with Gasteiger partial charge in [0, 0.05) is 30.3 Å². The van der Waals surface area contributed by atoms with Gasteiger partial charge in [-0.3, -0.25) is 4.90 Å². The van der Waals surface area contributed by atoms with E-state index in [1.807, 2.05) is 42.5 Å². The van der Waals surface area contributed by atoms with Crippen molar-refractivity contribution in [1.82, 2.24) is 15.1 Å². The minimum absolute atomic E-state index is 0.257. The van der Waals surface area contributed by atoms with Crippen LogP contribution < -0.4 is 4.74 Å². The predicted octanol–water partition coefficient (Wildman–Crippen LogP) is 2.06. The lowest BCUT2D eigenvalue weighted by Crippen LogP contribution is -2.52. The van der Waals surface area contributed by atoms with Gasteiger partial charge in [0.15, 0.2) is 0 Å². The van der Waals surface area contributed by atoms with Crippen molar-refractivity contribution in [3.63, 3.8) is 0 Å². The normalized spacial score (nSPS) is 21.4. The number of hydrogen-bond acceptors (Lipinski definition) is 6. The molecule has 3 aliphatic heterocycles. The first-order chi connectivity index (χ1) is 15.0. The SMILES string of the molecule is C(#Cc1ccc(O[C@H]2CN3CCC2CC3)nn1)c1ccccc1.O=C(O)/C=C/C(=O)O. The zero-order chi connectivity index (χ0) is 22.1. The summed E-state index contributed by atoms with van der Waals surface area (Å²) in [6.07, 6.45) is 3.84. The molecule has 3 saturated heterocycles. The van der Waals surface area contributed by atoms with Gasteiger partial charge in [-0.25, -0.2) is 9.59 Å². The van der Waals surface area contributed by atoms with Crippen molar-refractivity contribution in [2.45, 2.75) is 18.9 Å². The number of carboxylic acid groups (broad SMARTS) is 2. The third kappa shape index (κ3) is 7.24. The molecule has 1 atom stereocenters. The monoisotopic (exact) mass is 421 g/mol. The lowest BCUT2D eigenvalue weighted by molar-refractivity contribution is -0.134. The second-order valence-corrected chi connectivity index (χ2v) is 7.18. The maximum Gasteiger partial charge on any atom is 0.328 e. The number of hydrogen-bond donors (Lipinski definition) is 2. The Morgan fingerprint density at radius 3 is 2.16 bits per heavy atom. The summed E-state index contributed by atoms with van der Waals surface area (Å²) in [7, 11) is 0. The molecule has 1 aromatic heterocycles. The highest BCUT2D eigenvalue weighted by Gasteiger charge is 2.35. The predicted molar refractivity (Wildman–Crippen MR) is 112 cm³/mol. The van der Waals surface area contributed by atoms with Crippen molar-refractivity contribution in [3.8, 4) is 17.7 Å². The molecule has 8 heteroatoms. The fraction of sp³-hybridized carbons (Fsp3) is 0.304. The van der Waals surface area contributed by atoms with Crippen LogP contribution >= 0.6 is 0 Å². The van der Waals surface area contributed by atoms with E-state index < -0.39 is 11.9 Å². The van der Waals surface area contributed by atoms with E-state index in [1.165, 1.54) is 25.9 Å². The zero-order valence-corrected chi connectivity index (χ0v) is 16.8. The minimum Gasteiger partial charge on any atom is -0.478 e. The van der Waals surface area contributed by atoms with E-state index in [1.54, 1.807) is 0 Å². The van der Waals surface area contributed by atoms with Crippen LogP contribution in [0.4, 0.5) is 0 Å². The van der Waals surface area contributed by atoms with Crippen LogP contribution in [0.25, 0.3) is 0 Å². The number of aliphatic carboxylic acids is 2. The second kappa shape index (κ2) is 10.9. The van der Waals surface area contributed by atoms with Crippen LogP contribution in [0.3, 0.4) is 0 Å². The number of nitrogens with zero attached hydrogens (tertiary/aromatic N) is 3. The first-order valence-electron chi connectivity index (χ1n) is 9.93. The van der Waals surface area contributed by atoms with E-state index in [2.05, 4.69) is 26.9 Å². The fourth-order valence-electron chi connectivity index (χ4n) is 3.45. The van der Waals surface area contributed by atoms with Crippen LogP contribution in [0.5, 0.6) is 5.88 Å². The van der Waals surface area contributed by atoms with Gasteiger partial charge in [-0.1, -0.05) is 24.1 Å². The average molecular weight is 421 g/mol. The maximum absolute atomic E-state index is 9.55. The van der Waals surface area contributed by atoms with Gasteiger partial charge in [0.25, 0.3) is 0 Å². The first kappa shape index (κ1) is 22.0. The van der Waals surface area contributed by atoms with Gasteiger partial charge in [0.2, 0.25) is 5.88 Å². The van der Waals surface area contributed by atoms with Crippen molar-refractivity contribution in [2.75, 3.05) is 19.6 Å². The van der Waals surface area contributed by atoms with Crippen LogP contribution in [-0.2, 0) is 9.59 Å². The van der Waals surface area contributed by atoms with E-state index in [-0.39, 0.29) is 6.10 Å². The summed E-state index contributed by atoms with van der Waals surface area (Å²) in [5.41, 5.74) is 1.64. The minimum atomic E-state index is -1.26. The summed E-state index contributed by atoms with van der Waals surface area (Å²) in [5.74, 6) is 4.87. The summed E-state index contributed by atoms with van der Waals surface area (Å²) in [4.78, 5) is 21.6. The van der Waals surface area contributed by atoms with Crippen LogP contribution in [0, 0.1) is 17.8 Å². The zero-order valence-electron chi connectivity index (χ0n) is 16.8. The van der Waals surface area contributed by atoms with Gasteiger partial charge in [-0.15, -0.1) is 10.2 Å². The Labute approximate surface area is 180 Å². The average Bonchev–Trinajstić information content (AvgIpc) is 2.79. The number of ether oxygens (including phenoxy) is 1. The second-order valence-electron chi connectivity index (χ2n) is 7.18. The van der Waals surface area contributed by atoms with Crippen molar-refractivity contribution in [2.24, 2.45) is 5.92 Å². The summed E-state index contributed by atoms with van der Waals surface area (Å²) < 4.78 is 6.04. The Morgan fingerprint density at radius 2 is 1.65 bits per heavy atom. The molecule has 0 amide bonds. The van der Waals surface area contributed by atoms with Gasteiger partial charge in [0.05, 0.1) is 0 Å². The number of aromatic nitrogens is 2. The quantitative estimate of drug-likeness (QED) is 0.570. The number of benzene rings is 1. The van der Waals surface area contributed by atoms with Crippen LogP contribution in [0.2, 0.25) is 0 Å². The molecular formula is C23H23N3O5. The highest BCUT2D eigenvalue weighted by Crippen LogP contribution is 2.29. The molecule has 0 spiro atoms. The molecule has 8 nitrogen and oxygen atoms in total. The molecule has 3 aliphatic rings. The van der Waals surface area contributed by atoms with E-state index in [0.29, 0.717) is 29.6 Å². The Bertz CT molecular complexity index is 956. The van der Waals surface area contributed by atoms with E-state index in [0.717, 1.165) is 12.1 Å². The van der Waals surface area contributed by atoms with Crippen molar-refractivity contribution in [1.29, 1.82) is 0 Å². The van der Waals surface area contributed by atoms with Gasteiger partial charge >= 0.3 is 11.9 Å². The van der Waals surface area contributed by atoms with Gasteiger partial charge in [-0.2, -0.15) is 0 Å². The largest absolute Gasteiger partial charge is 0.478 e. The molecule has 2 bridgehead atoms. The van der Waals surface area contributed by atoms with Gasteiger partial charge in [0.1, 0.15) is 11.8 Å². The number of piperidine rings is 3. The third-order valence-corrected chi connectivity index (χ3v) is 4.99. The lowest BCUT2D eigenvalue weighted by atomic mass is 9.86. The topological polar surface area (TPSA) is 113 Å². The first-order valence-corrected chi connectivity index (χ1v) is 9.93. The Balaban J connectivity index is 0.000000293. The Kier molecular flexibility index (Phi) is 7.73.